The molecule has 4 aromatic rings. The lowest BCUT2D eigenvalue weighted by Crippen LogP contribution is -2.40. The number of piperidine rings is 1. The summed E-state index contributed by atoms with van der Waals surface area (Å²) in [5.41, 5.74) is 6.39. The van der Waals surface area contributed by atoms with Crippen molar-refractivity contribution in [2.75, 3.05) is 18.8 Å². The van der Waals surface area contributed by atoms with Crippen molar-refractivity contribution in [2.24, 2.45) is 0 Å². The number of nitrogens with two attached hydrogens (primary N) is 1. The normalized spacial score (nSPS) is 15.6. The zero-order chi connectivity index (χ0) is 29.3. The molecule has 2 aromatic carbocycles. The molecule has 1 aliphatic heterocycles. The van der Waals surface area contributed by atoms with Gasteiger partial charge in [-0.1, -0.05) is 36.9 Å². The zero-order valence-electron chi connectivity index (χ0n) is 21.7. The third kappa shape index (κ3) is 5.47. The predicted molar refractivity (Wildman–Crippen MR) is 143 cm³/mol. The van der Waals surface area contributed by atoms with Gasteiger partial charge in [0.2, 0.25) is 5.91 Å². The van der Waals surface area contributed by atoms with Crippen LogP contribution in [0, 0.1) is 5.82 Å². The van der Waals surface area contributed by atoms with Crippen molar-refractivity contribution < 1.29 is 27.2 Å². The third-order valence-electron chi connectivity index (χ3n) is 6.98. The Bertz CT molecular complexity index is 1630. The molecule has 41 heavy (non-hydrogen) atoms. The maximum atomic E-state index is 14.3. The summed E-state index contributed by atoms with van der Waals surface area (Å²) < 4.78 is 55.1. The summed E-state index contributed by atoms with van der Waals surface area (Å²) in [6, 6.07) is 9.33. The van der Waals surface area contributed by atoms with Crippen LogP contribution in [-0.4, -0.2) is 49.6 Å². The molecule has 3 heterocycles. The quantitative estimate of drug-likeness (QED) is 0.261. The van der Waals surface area contributed by atoms with Crippen molar-refractivity contribution in [3.8, 4) is 11.3 Å². The number of aromatic nitrogens is 4. The molecule has 2 amide bonds. The molecule has 13 heteroatoms. The van der Waals surface area contributed by atoms with Crippen LogP contribution in [0.1, 0.15) is 40.4 Å². The van der Waals surface area contributed by atoms with Gasteiger partial charge in [-0.05, 0) is 36.6 Å². The average molecular weight is 568 g/mol. The van der Waals surface area contributed by atoms with Crippen LogP contribution in [0.2, 0.25) is 0 Å². The van der Waals surface area contributed by atoms with E-state index in [1.165, 1.54) is 12.4 Å². The number of anilines is 1. The number of likely N-dealkylation sites (tertiary alicyclic amines) is 1. The van der Waals surface area contributed by atoms with Crippen molar-refractivity contribution >= 4 is 28.7 Å². The highest BCUT2D eigenvalue weighted by Gasteiger charge is 2.35. The molecule has 0 spiro atoms. The number of rotatable bonds is 6. The Morgan fingerprint density at radius 2 is 1.90 bits per heavy atom. The fraction of sp³-hybridized carbons (Fsp3) is 0.250. The van der Waals surface area contributed by atoms with E-state index in [-0.39, 0.29) is 24.3 Å². The molecule has 1 saturated heterocycles. The van der Waals surface area contributed by atoms with Crippen LogP contribution in [0.5, 0.6) is 0 Å². The molecule has 0 saturated carbocycles. The van der Waals surface area contributed by atoms with Crippen LogP contribution >= 0.6 is 0 Å². The standard InChI is InChI=1S/C28H25F4N7O2/c1-2-21(40)38-12-4-5-18(14-38)39-26-22(25(33)35-15-36-26)24(37-39)17-10-8-16(9-11-17)13-34-27(41)19-6-3-7-20(23(19)29)28(30,31)32/h2-3,6-11,15,18H,1,4-5,12-14H2,(H,34,41)(H2,33,35,36). The number of benzene rings is 2. The van der Waals surface area contributed by atoms with Crippen molar-refractivity contribution in [3.05, 3.63) is 84.0 Å². The first-order valence-corrected chi connectivity index (χ1v) is 12.7. The highest BCUT2D eigenvalue weighted by molar-refractivity contribution is 5.98. The number of alkyl halides is 3. The van der Waals surface area contributed by atoms with Crippen LogP contribution in [-0.2, 0) is 17.5 Å². The Balaban J connectivity index is 1.37. The second-order valence-electron chi connectivity index (χ2n) is 9.58. The molecule has 1 fully saturated rings. The number of fused-ring (bicyclic) bond motifs is 1. The van der Waals surface area contributed by atoms with Gasteiger partial charge < -0.3 is 16.0 Å². The first-order valence-electron chi connectivity index (χ1n) is 12.7. The summed E-state index contributed by atoms with van der Waals surface area (Å²) in [6.45, 7) is 4.59. The number of nitrogens with zero attached hydrogens (tertiary/aromatic N) is 5. The van der Waals surface area contributed by atoms with Gasteiger partial charge in [-0.15, -0.1) is 0 Å². The van der Waals surface area contributed by atoms with Gasteiger partial charge >= 0.3 is 6.18 Å². The number of hydrogen-bond acceptors (Lipinski definition) is 6. The fourth-order valence-corrected chi connectivity index (χ4v) is 4.92. The summed E-state index contributed by atoms with van der Waals surface area (Å²) in [4.78, 5) is 34.9. The molecular formula is C28H25F4N7O2. The van der Waals surface area contributed by atoms with E-state index in [0.29, 0.717) is 47.0 Å². The van der Waals surface area contributed by atoms with Crippen LogP contribution in [0.15, 0.2) is 61.4 Å². The van der Waals surface area contributed by atoms with E-state index in [2.05, 4.69) is 21.9 Å². The maximum Gasteiger partial charge on any atom is 0.419 e. The minimum absolute atomic E-state index is 0.0511. The molecule has 1 aliphatic rings. The Kier molecular flexibility index (Phi) is 7.43. The second-order valence-corrected chi connectivity index (χ2v) is 9.58. The SMILES string of the molecule is C=CC(=O)N1CCCC(n2nc(-c3ccc(CNC(=O)c4cccc(C(F)(F)F)c4F)cc3)c3c(N)ncnc32)C1. The molecule has 3 N–H and O–H groups in total. The van der Waals surface area contributed by atoms with Gasteiger partial charge in [0.05, 0.1) is 22.6 Å². The van der Waals surface area contributed by atoms with Gasteiger partial charge in [0.1, 0.15) is 23.7 Å². The first-order chi connectivity index (χ1) is 19.6. The lowest BCUT2D eigenvalue weighted by Gasteiger charge is -2.32. The van der Waals surface area contributed by atoms with Crippen LogP contribution < -0.4 is 11.1 Å². The minimum Gasteiger partial charge on any atom is -0.383 e. The molecule has 5 rings (SSSR count). The average Bonchev–Trinajstić information content (AvgIpc) is 3.36. The third-order valence-corrected chi connectivity index (χ3v) is 6.98. The highest BCUT2D eigenvalue weighted by Crippen LogP contribution is 2.34. The second kappa shape index (κ2) is 11.0. The van der Waals surface area contributed by atoms with E-state index < -0.39 is 29.0 Å². The van der Waals surface area contributed by atoms with Crippen LogP contribution in [0.3, 0.4) is 0 Å². The van der Waals surface area contributed by atoms with E-state index in [1.807, 2.05) is 0 Å². The molecular weight excluding hydrogens is 542 g/mol. The van der Waals surface area contributed by atoms with Crippen molar-refractivity contribution in [1.29, 1.82) is 0 Å². The van der Waals surface area contributed by atoms with Crippen molar-refractivity contribution in [3.63, 3.8) is 0 Å². The summed E-state index contributed by atoms with van der Waals surface area (Å²) in [7, 11) is 0. The Morgan fingerprint density at radius 1 is 1.15 bits per heavy atom. The topological polar surface area (TPSA) is 119 Å². The fourth-order valence-electron chi connectivity index (χ4n) is 4.92. The molecule has 0 bridgehead atoms. The number of carbonyl (C=O) groups is 2. The minimum atomic E-state index is -4.92. The van der Waals surface area contributed by atoms with Gasteiger partial charge in [0.25, 0.3) is 5.91 Å². The number of amides is 2. The van der Waals surface area contributed by atoms with Gasteiger partial charge in [-0.25, -0.2) is 19.0 Å². The molecule has 0 radical (unpaired) electrons. The van der Waals surface area contributed by atoms with E-state index >= 15 is 0 Å². The molecule has 0 aliphatic carbocycles. The first kappa shape index (κ1) is 27.7. The number of halogens is 4. The maximum absolute atomic E-state index is 14.3. The summed E-state index contributed by atoms with van der Waals surface area (Å²) in [5.74, 6) is -2.50. The Morgan fingerprint density at radius 3 is 2.61 bits per heavy atom. The predicted octanol–water partition coefficient (Wildman–Crippen LogP) is 4.51. The molecule has 1 atom stereocenters. The summed E-state index contributed by atoms with van der Waals surface area (Å²) >= 11 is 0. The van der Waals surface area contributed by atoms with E-state index in [1.54, 1.807) is 33.8 Å². The lowest BCUT2D eigenvalue weighted by molar-refractivity contribution is -0.140. The highest BCUT2D eigenvalue weighted by atomic mass is 19.4. The van der Waals surface area contributed by atoms with Crippen LogP contribution in [0.25, 0.3) is 22.3 Å². The van der Waals surface area contributed by atoms with Gasteiger partial charge in [0.15, 0.2) is 5.65 Å². The van der Waals surface area contributed by atoms with Crippen LogP contribution in [0.4, 0.5) is 23.4 Å². The molecule has 2 aromatic heterocycles. The van der Waals surface area contributed by atoms with E-state index in [4.69, 9.17) is 10.8 Å². The van der Waals surface area contributed by atoms with Gasteiger partial charge in [0, 0.05) is 25.2 Å². The van der Waals surface area contributed by atoms with Gasteiger partial charge in [-0.2, -0.15) is 18.3 Å². The smallest absolute Gasteiger partial charge is 0.383 e. The summed E-state index contributed by atoms with van der Waals surface area (Å²) in [6.07, 6.45) is -0.705. The number of carbonyl (C=O) groups excluding carboxylic acids is 2. The zero-order valence-corrected chi connectivity index (χ0v) is 21.7. The van der Waals surface area contributed by atoms with Crippen molar-refractivity contribution in [2.45, 2.75) is 31.6 Å². The Hall–Kier alpha value is -4.81. The molecule has 9 nitrogen and oxygen atoms in total. The Labute approximate surface area is 231 Å². The largest absolute Gasteiger partial charge is 0.419 e. The monoisotopic (exact) mass is 567 g/mol. The van der Waals surface area contributed by atoms with E-state index in [9.17, 15) is 27.2 Å². The summed E-state index contributed by atoms with van der Waals surface area (Å²) in [5, 5.41) is 7.82. The van der Waals surface area contributed by atoms with Gasteiger partial charge in [-0.3, -0.25) is 9.59 Å². The van der Waals surface area contributed by atoms with E-state index in [0.717, 1.165) is 25.0 Å². The number of nitrogen functional groups attached to an aromatic ring is 1. The number of hydrogen-bond donors (Lipinski definition) is 2. The van der Waals surface area contributed by atoms with Crippen molar-refractivity contribution in [1.82, 2.24) is 30.0 Å². The lowest BCUT2D eigenvalue weighted by atomic mass is 10.1. The number of nitrogens with one attached hydrogen (secondary N) is 1. The molecule has 1 unspecified atom stereocenters. The molecule has 212 valence electrons.